The molecule has 2 N–H and O–H groups in total. The maximum Gasteiger partial charge on any atom is 0.267 e. The summed E-state index contributed by atoms with van der Waals surface area (Å²) >= 11 is 6.01. The van der Waals surface area contributed by atoms with Crippen molar-refractivity contribution in [3.63, 3.8) is 0 Å². The number of hydrogen-bond acceptors (Lipinski definition) is 4. The van der Waals surface area contributed by atoms with Crippen molar-refractivity contribution >= 4 is 28.9 Å². The van der Waals surface area contributed by atoms with Gasteiger partial charge in [0.05, 0.1) is 17.6 Å². The van der Waals surface area contributed by atoms with Crippen molar-refractivity contribution in [3.05, 3.63) is 71.8 Å². The number of nitrogens with two attached hydrogens (primary N) is 1. The van der Waals surface area contributed by atoms with Crippen LogP contribution >= 0.6 is 11.6 Å². The molecule has 0 aliphatic heterocycles. The lowest BCUT2D eigenvalue weighted by Crippen LogP contribution is -2.25. The molecule has 0 fully saturated rings. The Morgan fingerprint density at radius 1 is 1.14 bits per heavy atom. The van der Waals surface area contributed by atoms with E-state index in [1.54, 1.807) is 40.4 Å². The minimum absolute atomic E-state index is 0.0931. The fraction of sp³-hybridized carbons (Fsp3) is 0. The molecule has 0 unspecified atom stereocenters. The molecule has 0 aliphatic rings. The number of carbonyl (C=O) groups excluding carboxylic acids is 1. The zero-order chi connectivity index (χ0) is 15.5. The monoisotopic (exact) mass is 313 g/mol. The number of amides is 1. The Balaban J connectivity index is 2.17. The van der Waals surface area contributed by atoms with E-state index in [9.17, 15) is 4.79 Å². The van der Waals surface area contributed by atoms with Gasteiger partial charge in [0.2, 0.25) is 0 Å². The van der Waals surface area contributed by atoms with E-state index < -0.39 is 5.91 Å². The number of pyridine rings is 1. The number of para-hydroxylation sites is 1. The maximum absolute atomic E-state index is 11.4. The molecule has 6 nitrogen and oxygen atoms in total. The van der Waals surface area contributed by atoms with Gasteiger partial charge in [0.15, 0.2) is 0 Å². The van der Waals surface area contributed by atoms with Gasteiger partial charge in [-0.1, -0.05) is 29.8 Å². The fourth-order valence-electron chi connectivity index (χ4n) is 2.07. The highest BCUT2D eigenvalue weighted by Gasteiger charge is 2.15. The largest absolute Gasteiger partial charge is 0.364 e. The predicted molar refractivity (Wildman–Crippen MR) is 84.0 cm³/mol. The Bertz CT molecular complexity index is 789. The number of aromatic nitrogens is 3. The molecule has 7 heteroatoms. The Morgan fingerprint density at radius 2 is 1.91 bits per heavy atom. The number of anilines is 2. The summed E-state index contributed by atoms with van der Waals surface area (Å²) in [4.78, 5) is 17.0. The number of nitrogens with zero attached hydrogens (tertiary/aromatic N) is 4. The molecular formula is C15H12ClN5O. The molecule has 1 amide bonds. The van der Waals surface area contributed by atoms with Crippen molar-refractivity contribution in [2.75, 3.05) is 5.01 Å². The van der Waals surface area contributed by atoms with E-state index in [0.717, 1.165) is 5.69 Å². The van der Waals surface area contributed by atoms with Gasteiger partial charge in [-0.3, -0.25) is 4.79 Å². The van der Waals surface area contributed by atoms with Crippen molar-refractivity contribution < 1.29 is 4.79 Å². The van der Waals surface area contributed by atoms with Gasteiger partial charge < -0.3 is 5.73 Å². The second kappa shape index (κ2) is 5.87. The van der Waals surface area contributed by atoms with Crippen LogP contribution in [0.2, 0.25) is 5.15 Å². The van der Waals surface area contributed by atoms with Gasteiger partial charge in [0.1, 0.15) is 10.8 Å². The summed E-state index contributed by atoms with van der Waals surface area (Å²) < 4.78 is 0. The van der Waals surface area contributed by atoms with Crippen LogP contribution in [0.1, 0.15) is 10.5 Å². The average Bonchev–Trinajstić information content (AvgIpc) is 3.02. The van der Waals surface area contributed by atoms with Crippen LogP contribution in [0.3, 0.4) is 0 Å². The van der Waals surface area contributed by atoms with Gasteiger partial charge in [-0.25, -0.2) is 9.99 Å². The molecule has 0 atom stereocenters. The second-order valence-electron chi connectivity index (χ2n) is 4.47. The first-order chi connectivity index (χ1) is 10.6. The standard InChI is InChI=1S/C15H12ClN5O/c16-14-10-12(9-13(19-14)15(17)22)21(20-8-4-7-18-20)11-5-2-1-3-6-11/h1-10H,(H2,17,22). The molecule has 3 rings (SSSR count). The molecule has 2 heterocycles. The Labute approximate surface area is 131 Å². The van der Waals surface area contributed by atoms with Gasteiger partial charge in [-0.15, -0.1) is 0 Å². The topological polar surface area (TPSA) is 77.0 Å². The van der Waals surface area contributed by atoms with E-state index in [1.165, 1.54) is 0 Å². The van der Waals surface area contributed by atoms with Crippen molar-refractivity contribution in [1.29, 1.82) is 0 Å². The molecule has 110 valence electrons. The molecule has 1 aromatic carbocycles. The minimum Gasteiger partial charge on any atom is -0.364 e. The molecule has 2 aromatic heterocycles. The number of hydrogen-bond donors (Lipinski definition) is 1. The first kappa shape index (κ1) is 14.1. The predicted octanol–water partition coefficient (Wildman–Crippen LogP) is 2.63. The highest BCUT2D eigenvalue weighted by atomic mass is 35.5. The summed E-state index contributed by atoms with van der Waals surface area (Å²) in [6, 6.07) is 14.6. The Morgan fingerprint density at radius 3 is 2.55 bits per heavy atom. The van der Waals surface area contributed by atoms with Crippen LogP contribution in [0.5, 0.6) is 0 Å². The van der Waals surface area contributed by atoms with Crippen molar-refractivity contribution in [3.8, 4) is 0 Å². The molecule has 0 saturated carbocycles. The van der Waals surface area contributed by atoms with Crippen LogP contribution in [0.4, 0.5) is 11.4 Å². The minimum atomic E-state index is -0.641. The first-order valence-corrected chi connectivity index (χ1v) is 6.85. The van der Waals surface area contributed by atoms with E-state index in [2.05, 4.69) is 10.1 Å². The lowest BCUT2D eigenvalue weighted by molar-refractivity contribution is 0.0995. The average molecular weight is 314 g/mol. The lowest BCUT2D eigenvalue weighted by atomic mass is 10.2. The molecule has 0 saturated heterocycles. The molecular weight excluding hydrogens is 302 g/mol. The van der Waals surface area contributed by atoms with Gasteiger partial charge in [-0.05, 0) is 24.3 Å². The normalized spacial score (nSPS) is 10.4. The zero-order valence-electron chi connectivity index (χ0n) is 11.4. The third-order valence-corrected chi connectivity index (χ3v) is 3.17. The molecule has 0 bridgehead atoms. The van der Waals surface area contributed by atoms with Crippen LogP contribution in [-0.4, -0.2) is 20.8 Å². The third kappa shape index (κ3) is 2.77. The number of primary amides is 1. The molecule has 0 spiro atoms. The number of halogens is 1. The molecule has 0 aliphatic carbocycles. The van der Waals surface area contributed by atoms with Gasteiger partial charge in [-0.2, -0.15) is 9.89 Å². The summed E-state index contributed by atoms with van der Waals surface area (Å²) in [6.45, 7) is 0. The number of benzene rings is 1. The van der Waals surface area contributed by atoms with Gasteiger partial charge in [0.25, 0.3) is 5.91 Å². The van der Waals surface area contributed by atoms with Crippen LogP contribution in [0.25, 0.3) is 0 Å². The molecule has 0 radical (unpaired) electrons. The SMILES string of the molecule is NC(=O)c1cc(N(c2ccccc2)n2cccn2)cc(Cl)n1. The van der Waals surface area contributed by atoms with E-state index >= 15 is 0 Å². The van der Waals surface area contributed by atoms with Crippen molar-refractivity contribution in [1.82, 2.24) is 14.9 Å². The van der Waals surface area contributed by atoms with Crippen molar-refractivity contribution in [2.45, 2.75) is 0 Å². The van der Waals surface area contributed by atoms with Crippen molar-refractivity contribution in [2.24, 2.45) is 5.73 Å². The van der Waals surface area contributed by atoms with Crippen LogP contribution in [0, 0.1) is 0 Å². The highest BCUT2D eigenvalue weighted by Crippen LogP contribution is 2.27. The van der Waals surface area contributed by atoms with Crippen LogP contribution in [0.15, 0.2) is 60.9 Å². The number of carbonyl (C=O) groups is 1. The quantitative estimate of drug-likeness (QED) is 0.751. The maximum atomic E-state index is 11.4. The van der Waals surface area contributed by atoms with E-state index in [-0.39, 0.29) is 10.8 Å². The zero-order valence-corrected chi connectivity index (χ0v) is 12.2. The lowest BCUT2D eigenvalue weighted by Gasteiger charge is -2.24. The number of rotatable bonds is 4. The first-order valence-electron chi connectivity index (χ1n) is 6.47. The highest BCUT2D eigenvalue weighted by molar-refractivity contribution is 6.29. The van der Waals surface area contributed by atoms with Gasteiger partial charge >= 0.3 is 0 Å². The summed E-state index contributed by atoms with van der Waals surface area (Å²) in [6.07, 6.45) is 3.44. The Hall–Kier alpha value is -2.86. The van der Waals surface area contributed by atoms with E-state index in [1.807, 2.05) is 30.3 Å². The smallest absolute Gasteiger partial charge is 0.267 e. The summed E-state index contributed by atoms with van der Waals surface area (Å²) in [5, 5.41) is 6.21. The second-order valence-corrected chi connectivity index (χ2v) is 4.86. The van der Waals surface area contributed by atoms with E-state index in [4.69, 9.17) is 17.3 Å². The summed E-state index contributed by atoms with van der Waals surface area (Å²) in [5.74, 6) is -0.641. The van der Waals surface area contributed by atoms with Crippen LogP contribution < -0.4 is 10.7 Å². The Kier molecular flexibility index (Phi) is 3.76. The van der Waals surface area contributed by atoms with E-state index in [0.29, 0.717) is 5.69 Å². The third-order valence-electron chi connectivity index (χ3n) is 2.97. The molecule has 22 heavy (non-hydrogen) atoms. The van der Waals surface area contributed by atoms with Crippen LogP contribution in [-0.2, 0) is 0 Å². The van der Waals surface area contributed by atoms with Gasteiger partial charge in [0, 0.05) is 12.3 Å². The fourth-order valence-corrected chi connectivity index (χ4v) is 2.27. The summed E-state index contributed by atoms with van der Waals surface area (Å²) in [5.41, 5.74) is 6.88. The summed E-state index contributed by atoms with van der Waals surface area (Å²) in [7, 11) is 0. The molecule has 3 aromatic rings.